The summed E-state index contributed by atoms with van der Waals surface area (Å²) >= 11 is 0. The Kier molecular flexibility index (Phi) is 5.33. The second-order valence-electron chi connectivity index (χ2n) is 6.77. The van der Waals surface area contributed by atoms with E-state index in [2.05, 4.69) is 5.32 Å². The number of nitrogens with one attached hydrogen (secondary N) is 1. The standard InChI is InChI=1S/C22H20N2O5S/c1-30(26,27)24-15-21(29-20-14-8-6-12-18(20)24)22(25)23-17-11-5-7-13-19(17)28-16-9-3-2-4-10-16/h2-14,21H,15H2,1H3,(H,23,25). The van der Waals surface area contributed by atoms with Crippen LogP contribution in [-0.2, 0) is 14.8 Å². The zero-order chi connectivity index (χ0) is 21.1. The SMILES string of the molecule is CS(=O)(=O)N1CC(C(=O)Nc2ccccc2Oc2ccccc2)Oc2ccccc21. The number of para-hydroxylation sites is 5. The number of sulfonamides is 1. The van der Waals surface area contributed by atoms with E-state index in [1.807, 2.05) is 30.3 Å². The van der Waals surface area contributed by atoms with E-state index in [4.69, 9.17) is 9.47 Å². The minimum atomic E-state index is -3.58. The van der Waals surface area contributed by atoms with Crippen LogP contribution < -0.4 is 19.1 Å². The highest BCUT2D eigenvalue weighted by Crippen LogP contribution is 2.35. The van der Waals surface area contributed by atoms with Crippen molar-refractivity contribution < 1.29 is 22.7 Å². The van der Waals surface area contributed by atoms with Crippen LogP contribution in [0.2, 0.25) is 0 Å². The lowest BCUT2D eigenvalue weighted by atomic mass is 10.2. The van der Waals surface area contributed by atoms with Gasteiger partial charge in [-0.1, -0.05) is 42.5 Å². The summed E-state index contributed by atoms with van der Waals surface area (Å²) in [5, 5.41) is 2.79. The van der Waals surface area contributed by atoms with E-state index in [1.54, 1.807) is 48.5 Å². The van der Waals surface area contributed by atoms with Gasteiger partial charge in [0.1, 0.15) is 11.5 Å². The molecule has 0 aromatic heterocycles. The molecule has 1 heterocycles. The fourth-order valence-corrected chi connectivity index (χ4v) is 4.05. The lowest BCUT2D eigenvalue weighted by Gasteiger charge is -2.33. The van der Waals surface area contributed by atoms with Crippen molar-refractivity contribution in [3.63, 3.8) is 0 Å². The number of carbonyl (C=O) groups excluding carboxylic acids is 1. The summed E-state index contributed by atoms with van der Waals surface area (Å²) in [5.74, 6) is 0.962. The molecule has 1 atom stereocenters. The van der Waals surface area contributed by atoms with Gasteiger partial charge in [-0.2, -0.15) is 0 Å². The van der Waals surface area contributed by atoms with Crippen LogP contribution in [0.1, 0.15) is 0 Å². The van der Waals surface area contributed by atoms with Crippen molar-refractivity contribution in [2.75, 3.05) is 22.4 Å². The molecule has 3 aromatic rings. The Morgan fingerprint density at radius 3 is 2.43 bits per heavy atom. The van der Waals surface area contributed by atoms with Crippen molar-refractivity contribution in [1.29, 1.82) is 0 Å². The van der Waals surface area contributed by atoms with Crippen LogP contribution >= 0.6 is 0 Å². The van der Waals surface area contributed by atoms with Crippen LogP contribution in [-0.4, -0.2) is 33.2 Å². The molecule has 0 aliphatic carbocycles. The van der Waals surface area contributed by atoms with Crippen molar-refractivity contribution in [3.8, 4) is 17.2 Å². The molecule has 0 radical (unpaired) electrons. The van der Waals surface area contributed by atoms with Crippen molar-refractivity contribution >= 4 is 27.3 Å². The molecule has 0 saturated carbocycles. The molecule has 3 aromatic carbocycles. The molecule has 0 bridgehead atoms. The highest BCUT2D eigenvalue weighted by Gasteiger charge is 2.35. The predicted octanol–water partition coefficient (Wildman–Crippen LogP) is 3.64. The second-order valence-corrected chi connectivity index (χ2v) is 8.68. The van der Waals surface area contributed by atoms with Crippen LogP contribution in [0.25, 0.3) is 0 Å². The van der Waals surface area contributed by atoms with Crippen LogP contribution in [0.15, 0.2) is 78.9 Å². The molecule has 154 valence electrons. The largest absolute Gasteiger partial charge is 0.476 e. The highest BCUT2D eigenvalue weighted by atomic mass is 32.2. The number of nitrogens with zero attached hydrogens (tertiary/aromatic N) is 1. The van der Waals surface area contributed by atoms with Gasteiger partial charge in [-0.25, -0.2) is 8.42 Å². The van der Waals surface area contributed by atoms with Crippen LogP contribution in [0, 0.1) is 0 Å². The average Bonchev–Trinajstić information content (AvgIpc) is 2.74. The van der Waals surface area contributed by atoms with Crippen molar-refractivity contribution in [2.24, 2.45) is 0 Å². The number of hydrogen-bond acceptors (Lipinski definition) is 5. The molecule has 30 heavy (non-hydrogen) atoms. The molecule has 0 fully saturated rings. The highest BCUT2D eigenvalue weighted by molar-refractivity contribution is 7.92. The molecular weight excluding hydrogens is 404 g/mol. The number of ether oxygens (including phenoxy) is 2. The minimum Gasteiger partial charge on any atom is -0.476 e. The van der Waals surface area contributed by atoms with E-state index in [-0.39, 0.29) is 6.54 Å². The second kappa shape index (κ2) is 8.08. The molecular formula is C22H20N2O5S. The van der Waals surface area contributed by atoms with Gasteiger partial charge in [0.05, 0.1) is 24.2 Å². The molecule has 1 aliphatic heterocycles. The lowest BCUT2D eigenvalue weighted by molar-refractivity contribution is -0.122. The van der Waals surface area contributed by atoms with E-state index in [1.165, 1.54) is 4.31 Å². The topological polar surface area (TPSA) is 84.9 Å². The van der Waals surface area contributed by atoms with E-state index in [0.29, 0.717) is 28.6 Å². The molecule has 1 N–H and O–H groups in total. The van der Waals surface area contributed by atoms with Gasteiger partial charge < -0.3 is 14.8 Å². The molecule has 1 unspecified atom stereocenters. The Bertz CT molecular complexity index is 1160. The number of hydrogen-bond donors (Lipinski definition) is 1. The number of anilines is 2. The first-order chi connectivity index (χ1) is 14.4. The van der Waals surface area contributed by atoms with E-state index in [0.717, 1.165) is 6.26 Å². The molecule has 4 rings (SSSR count). The first-order valence-corrected chi connectivity index (χ1v) is 11.1. The maximum absolute atomic E-state index is 12.9. The number of amides is 1. The van der Waals surface area contributed by atoms with Crippen molar-refractivity contribution in [2.45, 2.75) is 6.10 Å². The number of benzene rings is 3. The maximum Gasteiger partial charge on any atom is 0.267 e. The number of carbonyl (C=O) groups is 1. The number of rotatable bonds is 5. The smallest absolute Gasteiger partial charge is 0.267 e. The maximum atomic E-state index is 12.9. The molecule has 0 spiro atoms. The monoisotopic (exact) mass is 424 g/mol. The van der Waals surface area contributed by atoms with Gasteiger partial charge in [0.2, 0.25) is 10.0 Å². The van der Waals surface area contributed by atoms with Crippen molar-refractivity contribution in [1.82, 2.24) is 0 Å². The Morgan fingerprint density at radius 1 is 1.00 bits per heavy atom. The summed E-state index contributed by atoms with van der Waals surface area (Å²) in [6.45, 7) is -0.122. The third-order valence-electron chi connectivity index (χ3n) is 4.54. The molecule has 1 amide bonds. The Morgan fingerprint density at radius 2 is 1.67 bits per heavy atom. The molecule has 0 saturated heterocycles. The van der Waals surface area contributed by atoms with Crippen LogP contribution in [0.4, 0.5) is 11.4 Å². The summed E-state index contributed by atoms with van der Waals surface area (Å²) in [7, 11) is -3.58. The summed E-state index contributed by atoms with van der Waals surface area (Å²) < 4.78 is 37.3. The zero-order valence-corrected chi connectivity index (χ0v) is 17.0. The number of fused-ring (bicyclic) bond motifs is 1. The fourth-order valence-electron chi connectivity index (χ4n) is 3.14. The summed E-state index contributed by atoms with van der Waals surface area (Å²) in [5.41, 5.74) is 0.872. The normalized spacial score (nSPS) is 15.6. The van der Waals surface area contributed by atoms with Crippen LogP contribution in [0.5, 0.6) is 17.2 Å². The Balaban J connectivity index is 1.57. The molecule has 8 heteroatoms. The summed E-state index contributed by atoms with van der Waals surface area (Å²) in [6.07, 6.45) is 0.0898. The third-order valence-corrected chi connectivity index (χ3v) is 5.69. The fraction of sp³-hybridized carbons (Fsp3) is 0.136. The van der Waals surface area contributed by atoms with Gasteiger partial charge in [0, 0.05) is 0 Å². The lowest BCUT2D eigenvalue weighted by Crippen LogP contribution is -2.48. The Hall–Kier alpha value is -3.52. The van der Waals surface area contributed by atoms with Crippen LogP contribution in [0.3, 0.4) is 0 Å². The van der Waals surface area contributed by atoms with E-state index < -0.39 is 22.0 Å². The van der Waals surface area contributed by atoms with E-state index in [9.17, 15) is 13.2 Å². The van der Waals surface area contributed by atoms with Gasteiger partial charge >= 0.3 is 0 Å². The zero-order valence-electron chi connectivity index (χ0n) is 16.2. The van der Waals surface area contributed by atoms with E-state index >= 15 is 0 Å². The summed E-state index contributed by atoms with van der Waals surface area (Å²) in [6, 6.07) is 22.9. The quantitative estimate of drug-likeness (QED) is 0.676. The summed E-state index contributed by atoms with van der Waals surface area (Å²) in [4.78, 5) is 12.9. The molecule has 1 aliphatic rings. The van der Waals surface area contributed by atoms with Crippen molar-refractivity contribution in [3.05, 3.63) is 78.9 Å². The van der Waals surface area contributed by atoms with Gasteiger partial charge in [0.25, 0.3) is 5.91 Å². The first-order valence-electron chi connectivity index (χ1n) is 9.28. The van der Waals surface area contributed by atoms with Gasteiger partial charge in [0.15, 0.2) is 11.9 Å². The molecule has 7 nitrogen and oxygen atoms in total. The third kappa shape index (κ3) is 4.23. The van der Waals surface area contributed by atoms with Gasteiger partial charge in [-0.15, -0.1) is 0 Å². The minimum absolute atomic E-state index is 0.122. The Labute approximate surface area is 174 Å². The van der Waals surface area contributed by atoms with Gasteiger partial charge in [-0.3, -0.25) is 9.10 Å². The predicted molar refractivity (Wildman–Crippen MR) is 115 cm³/mol. The average molecular weight is 424 g/mol. The van der Waals surface area contributed by atoms with Gasteiger partial charge in [-0.05, 0) is 36.4 Å². The first kappa shape index (κ1) is 19.8.